The molecule has 2 aromatic rings. The minimum Gasteiger partial charge on any atom is -0.493 e. The van der Waals surface area contributed by atoms with Gasteiger partial charge in [0, 0.05) is 0 Å². The zero-order valence-corrected chi connectivity index (χ0v) is 10.5. The van der Waals surface area contributed by atoms with Crippen molar-refractivity contribution < 1.29 is 9.47 Å². The molecule has 0 aliphatic heterocycles. The van der Waals surface area contributed by atoms with Gasteiger partial charge in [-0.1, -0.05) is 35.3 Å². The fourth-order valence-electron chi connectivity index (χ4n) is 1.33. The molecule has 0 saturated heterocycles. The summed E-state index contributed by atoms with van der Waals surface area (Å²) in [6.07, 6.45) is 0. The molecular weight excluding hydrogens is 259 g/mol. The average Bonchev–Trinajstić information content (AvgIpc) is 2.35. The van der Waals surface area contributed by atoms with Gasteiger partial charge in [-0.25, -0.2) is 0 Å². The van der Waals surface area contributed by atoms with Crippen LogP contribution < -0.4 is 9.47 Å². The van der Waals surface area contributed by atoms with Gasteiger partial charge in [0.25, 0.3) is 0 Å². The highest BCUT2D eigenvalue weighted by Crippen LogP contribution is 2.37. The zero-order chi connectivity index (χ0) is 12.3. The standard InChI is InChI=1S/C13H9Cl2O2/c1-16-10-6-2-3-7-11(10)17-12-8-4-5-9(14)13(12)15/h3-8H,1H3. The van der Waals surface area contributed by atoms with Gasteiger partial charge in [0.2, 0.25) is 0 Å². The number of halogens is 2. The monoisotopic (exact) mass is 267 g/mol. The molecule has 2 aromatic carbocycles. The quantitative estimate of drug-likeness (QED) is 0.810. The number of hydrogen-bond donors (Lipinski definition) is 0. The van der Waals surface area contributed by atoms with Crippen molar-refractivity contribution in [2.45, 2.75) is 0 Å². The Bertz CT molecular complexity index is 527. The molecule has 17 heavy (non-hydrogen) atoms. The van der Waals surface area contributed by atoms with E-state index in [1.807, 2.05) is 0 Å². The Morgan fingerprint density at radius 2 is 1.88 bits per heavy atom. The third kappa shape index (κ3) is 2.65. The van der Waals surface area contributed by atoms with Crippen LogP contribution in [-0.4, -0.2) is 7.11 Å². The molecular formula is C13H9Cl2O2. The first kappa shape index (κ1) is 12.1. The molecule has 1 radical (unpaired) electrons. The average molecular weight is 268 g/mol. The number of hydrogen-bond acceptors (Lipinski definition) is 2. The Morgan fingerprint density at radius 1 is 1.06 bits per heavy atom. The van der Waals surface area contributed by atoms with E-state index in [-0.39, 0.29) is 0 Å². The van der Waals surface area contributed by atoms with Crippen molar-refractivity contribution in [1.82, 2.24) is 0 Å². The molecule has 0 spiro atoms. The van der Waals surface area contributed by atoms with Crippen molar-refractivity contribution in [2.75, 3.05) is 7.11 Å². The lowest BCUT2D eigenvalue weighted by atomic mass is 10.3. The maximum atomic E-state index is 6.03. The summed E-state index contributed by atoms with van der Waals surface area (Å²) in [7, 11) is 1.57. The molecule has 2 nitrogen and oxygen atoms in total. The molecule has 87 valence electrons. The van der Waals surface area contributed by atoms with E-state index in [1.54, 1.807) is 43.5 Å². The van der Waals surface area contributed by atoms with Gasteiger partial charge in [0.15, 0.2) is 11.5 Å². The van der Waals surface area contributed by atoms with Crippen molar-refractivity contribution in [3.05, 3.63) is 52.5 Å². The molecule has 4 heteroatoms. The van der Waals surface area contributed by atoms with E-state index in [2.05, 4.69) is 6.07 Å². The maximum Gasteiger partial charge on any atom is 0.169 e. The third-order valence-corrected chi connectivity index (χ3v) is 2.95. The Hall–Kier alpha value is -1.38. The number of benzene rings is 2. The summed E-state index contributed by atoms with van der Waals surface area (Å²) in [5.41, 5.74) is 0. The van der Waals surface area contributed by atoms with Crippen LogP contribution in [0, 0.1) is 6.07 Å². The Labute approximate surface area is 110 Å². The van der Waals surface area contributed by atoms with Gasteiger partial charge in [-0.3, -0.25) is 0 Å². The third-order valence-electron chi connectivity index (χ3n) is 2.14. The lowest BCUT2D eigenvalue weighted by molar-refractivity contribution is 0.379. The second-order valence-electron chi connectivity index (χ2n) is 3.23. The normalized spacial score (nSPS) is 10.1. The molecule has 2 rings (SSSR count). The smallest absolute Gasteiger partial charge is 0.169 e. The van der Waals surface area contributed by atoms with Crippen LogP contribution in [0.25, 0.3) is 0 Å². The molecule has 0 atom stereocenters. The van der Waals surface area contributed by atoms with Crippen LogP contribution in [0.3, 0.4) is 0 Å². The van der Waals surface area contributed by atoms with Crippen LogP contribution >= 0.6 is 23.2 Å². The van der Waals surface area contributed by atoms with E-state index in [0.29, 0.717) is 27.3 Å². The molecule has 0 amide bonds. The first-order valence-electron chi connectivity index (χ1n) is 4.88. The fourth-order valence-corrected chi connectivity index (χ4v) is 1.66. The summed E-state index contributed by atoms with van der Waals surface area (Å²) in [5.74, 6) is 1.64. The number of methoxy groups -OCH3 is 1. The van der Waals surface area contributed by atoms with Crippen molar-refractivity contribution in [1.29, 1.82) is 0 Å². The molecule has 0 aliphatic carbocycles. The lowest BCUT2D eigenvalue weighted by Gasteiger charge is -2.11. The largest absolute Gasteiger partial charge is 0.493 e. The highest BCUT2D eigenvalue weighted by molar-refractivity contribution is 6.42. The van der Waals surface area contributed by atoms with Crippen molar-refractivity contribution in [3.63, 3.8) is 0 Å². The van der Waals surface area contributed by atoms with Crippen molar-refractivity contribution >= 4 is 23.2 Å². The minimum atomic E-state index is 0.379. The van der Waals surface area contributed by atoms with E-state index in [4.69, 9.17) is 32.7 Å². The summed E-state index contributed by atoms with van der Waals surface area (Å²) in [5, 5.41) is 0.828. The van der Waals surface area contributed by atoms with E-state index in [0.717, 1.165) is 0 Å². The van der Waals surface area contributed by atoms with Crippen LogP contribution in [0.4, 0.5) is 0 Å². The number of rotatable bonds is 3. The second kappa shape index (κ2) is 5.30. The van der Waals surface area contributed by atoms with Crippen LogP contribution in [0.2, 0.25) is 10.0 Å². The Kier molecular flexibility index (Phi) is 3.77. The van der Waals surface area contributed by atoms with Crippen LogP contribution in [0.1, 0.15) is 0 Å². The first-order valence-corrected chi connectivity index (χ1v) is 5.64. The predicted molar refractivity (Wildman–Crippen MR) is 68.4 cm³/mol. The Balaban J connectivity index is 2.35. The van der Waals surface area contributed by atoms with Crippen molar-refractivity contribution in [2.24, 2.45) is 0 Å². The summed E-state index contributed by atoms with van der Waals surface area (Å²) in [6, 6.07) is 13.3. The van der Waals surface area contributed by atoms with Gasteiger partial charge < -0.3 is 9.47 Å². The van der Waals surface area contributed by atoms with E-state index in [1.165, 1.54) is 0 Å². The summed E-state index contributed by atoms with van der Waals surface area (Å²) in [4.78, 5) is 0. The van der Waals surface area contributed by atoms with Gasteiger partial charge in [0.05, 0.1) is 12.1 Å². The Morgan fingerprint density at radius 3 is 2.65 bits per heavy atom. The second-order valence-corrected chi connectivity index (χ2v) is 4.02. The van der Waals surface area contributed by atoms with Gasteiger partial charge in [-0.15, -0.1) is 0 Å². The van der Waals surface area contributed by atoms with E-state index in [9.17, 15) is 0 Å². The van der Waals surface area contributed by atoms with Gasteiger partial charge >= 0.3 is 0 Å². The summed E-state index contributed by atoms with van der Waals surface area (Å²) < 4.78 is 10.8. The fraction of sp³-hybridized carbons (Fsp3) is 0.0769. The maximum absolute atomic E-state index is 6.03. The molecule has 0 heterocycles. The molecule has 0 saturated carbocycles. The molecule has 0 bridgehead atoms. The summed E-state index contributed by atoms with van der Waals surface area (Å²) >= 11 is 11.9. The molecule has 0 aromatic heterocycles. The SMILES string of the molecule is COc1c[c]ccc1Oc1cccc(Cl)c1Cl. The van der Waals surface area contributed by atoms with E-state index < -0.39 is 0 Å². The van der Waals surface area contributed by atoms with Gasteiger partial charge in [0.1, 0.15) is 10.8 Å². The first-order chi connectivity index (χ1) is 8.22. The topological polar surface area (TPSA) is 18.5 Å². The van der Waals surface area contributed by atoms with Crippen molar-refractivity contribution in [3.8, 4) is 17.2 Å². The highest BCUT2D eigenvalue weighted by atomic mass is 35.5. The van der Waals surface area contributed by atoms with E-state index >= 15 is 0 Å². The van der Waals surface area contributed by atoms with Gasteiger partial charge in [-0.05, 0) is 30.3 Å². The lowest BCUT2D eigenvalue weighted by Crippen LogP contribution is -1.90. The number of ether oxygens (including phenoxy) is 2. The molecule has 0 fully saturated rings. The van der Waals surface area contributed by atoms with Gasteiger partial charge in [-0.2, -0.15) is 0 Å². The van der Waals surface area contributed by atoms with Crippen LogP contribution in [-0.2, 0) is 0 Å². The predicted octanol–water partition coefficient (Wildman–Crippen LogP) is 4.59. The summed E-state index contributed by atoms with van der Waals surface area (Å²) in [6.45, 7) is 0. The van der Waals surface area contributed by atoms with Crippen LogP contribution in [0.5, 0.6) is 17.2 Å². The zero-order valence-electron chi connectivity index (χ0n) is 9.04. The highest BCUT2D eigenvalue weighted by Gasteiger charge is 2.09. The molecule has 0 aliphatic rings. The molecule has 0 N–H and O–H groups in total. The minimum absolute atomic E-state index is 0.379. The molecule has 0 unspecified atom stereocenters. The van der Waals surface area contributed by atoms with Crippen LogP contribution in [0.15, 0.2) is 36.4 Å².